The Morgan fingerprint density at radius 2 is 1.56 bits per heavy atom. The lowest BCUT2D eigenvalue weighted by atomic mass is 10.0. The van der Waals surface area contributed by atoms with Crippen molar-refractivity contribution in [2.45, 2.75) is 65.6 Å². The summed E-state index contributed by atoms with van der Waals surface area (Å²) in [5.74, 6) is -0.464. The van der Waals surface area contributed by atoms with Crippen LogP contribution in [-0.2, 0) is 32.6 Å². The second-order valence-corrected chi connectivity index (χ2v) is 13.0. The molecule has 220 valence electrons. The van der Waals surface area contributed by atoms with Crippen LogP contribution in [0, 0.1) is 13.8 Å². The highest BCUT2D eigenvalue weighted by Crippen LogP contribution is 2.26. The normalized spacial score (nSPS) is 12.2. The second-order valence-electron chi connectivity index (χ2n) is 10.7. The number of aryl methyl sites for hydroxylation is 1. The van der Waals surface area contributed by atoms with Crippen LogP contribution in [0.1, 0.15) is 48.9 Å². The zero-order chi connectivity index (χ0) is 30.2. The molecule has 0 spiro atoms. The van der Waals surface area contributed by atoms with Gasteiger partial charge in [-0.3, -0.25) is 13.9 Å². The zero-order valence-corrected chi connectivity index (χ0v) is 26.0. The van der Waals surface area contributed by atoms with E-state index in [4.69, 9.17) is 11.6 Å². The van der Waals surface area contributed by atoms with E-state index >= 15 is 0 Å². The molecule has 0 aromatic heterocycles. The summed E-state index contributed by atoms with van der Waals surface area (Å²) in [7, 11) is -3.58. The second kappa shape index (κ2) is 14.5. The first-order valence-electron chi connectivity index (χ1n) is 13.8. The van der Waals surface area contributed by atoms with Crippen LogP contribution in [0.5, 0.6) is 0 Å². The van der Waals surface area contributed by atoms with E-state index in [1.165, 1.54) is 10.6 Å². The summed E-state index contributed by atoms with van der Waals surface area (Å²) >= 11 is 6.10. The lowest BCUT2D eigenvalue weighted by molar-refractivity contribution is -0.141. The number of rotatable bonds is 13. The molecule has 0 unspecified atom stereocenters. The molecule has 7 nitrogen and oxygen atoms in total. The highest BCUT2D eigenvalue weighted by atomic mass is 35.5. The Morgan fingerprint density at radius 3 is 2.17 bits per heavy atom. The van der Waals surface area contributed by atoms with E-state index < -0.39 is 16.1 Å². The molecule has 0 saturated carbocycles. The van der Waals surface area contributed by atoms with Crippen molar-refractivity contribution in [3.63, 3.8) is 0 Å². The average molecular weight is 598 g/mol. The molecule has 1 atom stereocenters. The maximum atomic E-state index is 13.9. The first-order chi connectivity index (χ1) is 19.4. The van der Waals surface area contributed by atoms with E-state index in [9.17, 15) is 18.0 Å². The zero-order valence-electron chi connectivity index (χ0n) is 24.4. The number of anilines is 1. The van der Waals surface area contributed by atoms with Crippen LogP contribution in [0.15, 0.2) is 72.8 Å². The maximum absolute atomic E-state index is 13.9. The van der Waals surface area contributed by atoms with Crippen LogP contribution in [0.25, 0.3) is 0 Å². The standard InChI is InChI=1S/C32H40ClN3O4S/c1-23(2)34-32(38)30(21-26-12-7-6-8-13-26)35(22-27-16-18-28(33)19-17-27)31(37)15-10-20-36(41(5,39)40)29-14-9-11-24(3)25(29)4/h6-9,11-14,16-19,23,30H,10,15,20-22H2,1-5H3,(H,34,38)/t30-/m0/s1. The molecule has 9 heteroatoms. The van der Waals surface area contributed by atoms with E-state index in [-0.39, 0.29) is 37.4 Å². The molecule has 1 N–H and O–H groups in total. The van der Waals surface area contributed by atoms with E-state index in [0.717, 1.165) is 22.3 Å². The fourth-order valence-electron chi connectivity index (χ4n) is 4.71. The van der Waals surface area contributed by atoms with Crippen LogP contribution < -0.4 is 9.62 Å². The van der Waals surface area contributed by atoms with Crippen LogP contribution in [0.4, 0.5) is 5.69 Å². The van der Waals surface area contributed by atoms with Gasteiger partial charge in [0, 0.05) is 37.0 Å². The monoisotopic (exact) mass is 597 g/mol. The predicted molar refractivity (Wildman–Crippen MR) is 167 cm³/mol. The molecule has 2 amide bonds. The van der Waals surface area contributed by atoms with Gasteiger partial charge in [0.25, 0.3) is 0 Å². The van der Waals surface area contributed by atoms with Gasteiger partial charge in [0.05, 0.1) is 11.9 Å². The number of carbonyl (C=O) groups is 2. The molecule has 0 heterocycles. The first kappa shape index (κ1) is 32.2. The number of nitrogens with one attached hydrogen (secondary N) is 1. The minimum atomic E-state index is -3.58. The fraction of sp³-hybridized carbons (Fsp3) is 0.375. The summed E-state index contributed by atoms with van der Waals surface area (Å²) in [5, 5.41) is 3.56. The number of hydrogen-bond donors (Lipinski definition) is 1. The van der Waals surface area contributed by atoms with Gasteiger partial charge in [0.15, 0.2) is 0 Å². The largest absolute Gasteiger partial charge is 0.352 e. The highest BCUT2D eigenvalue weighted by Gasteiger charge is 2.31. The van der Waals surface area contributed by atoms with Crippen molar-refractivity contribution < 1.29 is 18.0 Å². The maximum Gasteiger partial charge on any atom is 0.243 e. The third-order valence-corrected chi connectivity index (χ3v) is 8.40. The molecular formula is C32H40ClN3O4S. The van der Waals surface area contributed by atoms with Gasteiger partial charge in [-0.15, -0.1) is 0 Å². The Hall–Kier alpha value is -3.36. The number of amides is 2. The lowest BCUT2D eigenvalue weighted by Crippen LogP contribution is -2.51. The third kappa shape index (κ3) is 9.33. The Morgan fingerprint density at radius 1 is 0.902 bits per heavy atom. The van der Waals surface area contributed by atoms with Crippen LogP contribution in [-0.4, -0.2) is 50.0 Å². The summed E-state index contributed by atoms with van der Waals surface area (Å²) in [4.78, 5) is 29.0. The molecule has 0 fully saturated rings. The Bertz CT molecular complexity index is 1430. The van der Waals surface area contributed by atoms with Crippen molar-refractivity contribution in [3.05, 3.63) is 100 Å². The number of sulfonamides is 1. The Labute approximate surface area is 249 Å². The van der Waals surface area contributed by atoms with Gasteiger partial charge < -0.3 is 10.2 Å². The smallest absolute Gasteiger partial charge is 0.243 e. The van der Waals surface area contributed by atoms with E-state index in [1.807, 2.05) is 82.3 Å². The molecule has 41 heavy (non-hydrogen) atoms. The van der Waals surface area contributed by atoms with Gasteiger partial charge in [-0.2, -0.15) is 0 Å². The summed E-state index contributed by atoms with van der Waals surface area (Å²) in [6.45, 7) is 7.96. The topological polar surface area (TPSA) is 86.8 Å². The quantitative estimate of drug-likeness (QED) is 0.275. The average Bonchev–Trinajstić information content (AvgIpc) is 2.91. The summed E-state index contributed by atoms with van der Waals surface area (Å²) in [6, 6.07) is 21.5. The molecule has 0 radical (unpaired) electrons. The third-order valence-electron chi connectivity index (χ3n) is 6.97. The molecule has 3 aromatic carbocycles. The Balaban J connectivity index is 1.89. The molecule has 3 aromatic rings. The molecule has 0 aliphatic rings. The van der Waals surface area contributed by atoms with Crippen LogP contribution >= 0.6 is 11.6 Å². The minimum absolute atomic E-state index is 0.0741. The van der Waals surface area contributed by atoms with Crippen molar-refractivity contribution in [2.75, 3.05) is 17.1 Å². The fourth-order valence-corrected chi connectivity index (χ4v) is 5.85. The van der Waals surface area contributed by atoms with E-state index in [0.29, 0.717) is 23.6 Å². The number of halogens is 1. The lowest BCUT2D eigenvalue weighted by Gasteiger charge is -2.32. The number of hydrogen-bond acceptors (Lipinski definition) is 4. The molecule has 0 aliphatic heterocycles. The van der Waals surface area contributed by atoms with Crippen molar-refractivity contribution in [1.29, 1.82) is 0 Å². The van der Waals surface area contributed by atoms with Crippen LogP contribution in [0.2, 0.25) is 5.02 Å². The van der Waals surface area contributed by atoms with Gasteiger partial charge in [-0.05, 0) is 74.6 Å². The highest BCUT2D eigenvalue weighted by molar-refractivity contribution is 7.92. The first-order valence-corrected chi connectivity index (χ1v) is 16.0. The van der Waals surface area contributed by atoms with Crippen molar-refractivity contribution in [3.8, 4) is 0 Å². The molecule has 3 rings (SSSR count). The summed E-state index contributed by atoms with van der Waals surface area (Å²) in [5.41, 5.74) is 4.24. The molecular weight excluding hydrogens is 558 g/mol. The van der Waals surface area contributed by atoms with E-state index in [1.54, 1.807) is 23.1 Å². The minimum Gasteiger partial charge on any atom is -0.352 e. The van der Waals surface area contributed by atoms with Gasteiger partial charge in [0.1, 0.15) is 6.04 Å². The summed E-state index contributed by atoms with van der Waals surface area (Å²) in [6.07, 6.45) is 1.89. The van der Waals surface area contributed by atoms with Crippen molar-refractivity contribution in [2.24, 2.45) is 0 Å². The van der Waals surface area contributed by atoms with Crippen molar-refractivity contribution >= 4 is 39.1 Å². The number of benzene rings is 3. The summed E-state index contributed by atoms with van der Waals surface area (Å²) < 4.78 is 26.8. The van der Waals surface area contributed by atoms with Gasteiger partial charge >= 0.3 is 0 Å². The predicted octanol–water partition coefficient (Wildman–Crippen LogP) is 5.67. The Kier molecular flexibility index (Phi) is 11.4. The van der Waals surface area contributed by atoms with Crippen LogP contribution in [0.3, 0.4) is 0 Å². The number of carbonyl (C=O) groups excluding carboxylic acids is 2. The molecule has 0 saturated heterocycles. The van der Waals surface area contributed by atoms with Gasteiger partial charge in [-0.25, -0.2) is 8.42 Å². The van der Waals surface area contributed by atoms with Crippen molar-refractivity contribution in [1.82, 2.24) is 10.2 Å². The van der Waals surface area contributed by atoms with Gasteiger partial charge in [-0.1, -0.05) is 66.2 Å². The number of nitrogens with zero attached hydrogens (tertiary/aromatic N) is 2. The SMILES string of the molecule is Cc1cccc(N(CCCC(=O)N(Cc2ccc(Cl)cc2)[C@@H](Cc2ccccc2)C(=O)NC(C)C)S(C)(=O)=O)c1C. The van der Waals surface area contributed by atoms with Gasteiger partial charge in [0.2, 0.25) is 21.8 Å². The molecule has 0 aliphatic carbocycles. The molecule has 0 bridgehead atoms. The van der Waals surface area contributed by atoms with E-state index in [2.05, 4.69) is 5.32 Å².